The Balaban J connectivity index is 2.37. The van der Waals surface area contributed by atoms with Crippen LogP contribution in [-0.4, -0.2) is 38.1 Å². The molecule has 0 aromatic heterocycles. The number of hydrogen-bond donors (Lipinski definition) is 0. The van der Waals surface area contributed by atoms with Gasteiger partial charge in [-0.25, -0.2) is 0 Å². The van der Waals surface area contributed by atoms with Gasteiger partial charge in [-0.3, -0.25) is 4.79 Å². The zero-order valence-electron chi connectivity index (χ0n) is 12.0. The van der Waals surface area contributed by atoms with Crippen molar-refractivity contribution in [1.82, 2.24) is 4.90 Å². The van der Waals surface area contributed by atoms with Gasteiger partial charge in [-0.15, -0.1) is 0 Å². The van der Waals surface area contributed by atoms with Gasteiger partial charge in [0.1, 0.15) is 18.1 Å². The molecule has 0 aliphatic heterocycles. The maximum absolute atomic E-state index is 11.7. The lowest BCUT2D eigenvalue weighted by Gasteiger charge is -2.16. The molecule has 0 saturated carbocycles. The van der Waals surface area contributed by atoms with Crippen LogP contribution >= 0.6 is 0 Å². The van der Waals surface area contributed by atoms with Crippen molar-refractivity contribution in [2.75, 3.05) is 27.3 Å². The van der Waals surface area contributed by atoms with Crippen LogP contribution in [0.2, 0.25) is 0 Å². The molecule has 0 spiro atoms. The van der Waals surface area contributed by atoms with Crippen molar-refractivity contribution in [2.24, 2.45) is 0 Å². The normalized spacial score (nSPS) is 9.68. The highest BCUT2D eigenvalue weighted by atomic mass is 16.5. The molecule has 0 fully saturated rings. The van der Waals surface area contributed by atoms with Gasteiger partial charge in [-0.05, 0) is 38.1 Å². The molecule has 104 valence electrons. The quantitative estimate of drug-likeness (QED) is 0.740. The summed E-state index contributed by atoms with van der Waals surface area (Å²) in [5.41, 5.74) is 0.993. The second kappa shape index (κ2) is 7.46. The summed E-state index contributed by atoms with van der Waals surface area (Å²) in [6.45, 7) is 4.82. The number of allylic oxidation sites excluding steroid dienone is 1. The molecule has 0 unspecified atom stereocenters. The molecular weight excluding hydrogens is 242 g/mol. The van der Waals surface area contributed by atoms with Crippen molar-refractivity contribution in [3.8, 4) is 11.5 Å². The van der Waals surface area contributed by atoms with E-state index in [-0.39, 0.29) is 5.91 Å². The lowest BCUT2D eigenvalue weighted by molar-refractivity contribution is -0.125. The van der Waals surface area contributed by atoms with E-state index in [0.29, 0.717) is 13.2 Å². The van der Waals surface area contributed by atoms with Crippen LogP contribution < -0.4 is 9.47 Å². The average molecular weight is 263 g/mol. The van der Waals surface area contributed by atoms with E-state index in [1.807, 2.05) is 38.1 Å². The summed E-state index contributed by atoms with van der Waals surface area (Å²) in [4.78, 5) is 13.3. The third-order valence-electron chi connectivity index (χ3n) is 2.54. The molecule has 0 atom stereocenters. The lowest BCUT2D eigenvalue weighted by atomic mass is 10.3. The Morgan fingerprint density at radius 2 is 1.79 bits per heavy atom. The highest BCUT2D eigenvalue weighted by Gasteiger charge is 2.05. The topological polar surface area (TPSA) is 38.8 Å². The Bertz CT molecular complexity index is 433. The minimum Gasteiger partial charge on any atom is -0.497 e. The third-order valence-corrected chi connectivity index (χ3v) is 2.54. The second-order valence-corrected chi connectivity index (χ2v) is 4.51. The van der Waals surface area contributed by atoms with E-state index in [9.17, 15) is 4.79 Å². The van der Waals surface area contributed by atoms with E-state index < -0.39 is 0 Å². The predicted molar refractivity (Wildman–Crippen MR) is 75.6 cm³/mol. The van der Waals surface area contributed by atoms with Crippen molar-refractivity contribution in [2.45, 2.75) is 13.8 Å². The molecule has 4 heteroatoms. The van der Waals surface area contributed by atoms with Crippen molar-refractivity contribution in [3.05, 3.63) is 35.9 Å². The number of benzene rings is 1. The average Bonchev–Trinajstić information content (AvgIpc) is 2.38. The van der Waals surface area contributed by atoms with E-state index in [0.717, 1.165) is 17.1 Å². The molecule has 0 radical (unpaired) electrons. The van der Waals surface area contributed by atoms with Crippen molar-refractivity contribution in [1.29, 1.82) is 0 Å². The maximum Gasteiger partial charge on any atom is 0.246 e. The molecule has 0 aliphatic carbocycles. The summed E-state index contributed by atoms with van der Waals surface area (Å²) in [6.07, 6.45) is 1.62. The summed E-state index contributed by atoms with van der Waals surface area (Å²) in [5, 5.41) is 0. The van der Waals surface area contributed by atoms with Gasteiger partial charge in [-0.2, -0.15) is 0 Å². The van der Waals surface area contributed by atoms with Gasteiger partial charge in [-0.1, -0.05) is 5.57 Å². The second-order valence-electron chi connectivity index (χ2n) is 4.51. The van der Waals surface area contributed by atoms with Gasteiger partial charge in [0.25, 0.3) is 0 Å². The summed E-state index contributed by atoms with van der Waals surface area (Å²) in [7, 11) is 3.39. The van der Waals surface area contributed by atoms with Gasteiger partial charge >= 0.3 is 0 Å². The molecule has 1 aromatic carbocycles. The molecule has 1 amide bonds. The third kappa shape index (κ3) is 5.46. The number of carbonyl (C=O) groups is 1. The van der Waals surface area contributed by atoms with Gasteiger partial charge in [0.05, 0.1) is 13.7 Å². The number of likely N-dealkylation sites (N-methyl/N-ethyl adjacent to an activating group) is 1. The first-order valence-electron chi connectivity index (χ1n) is 6.20. The van der Waals surface area contributed by atoms with E-state index >= 15 is 0 Å². The van der Waals surface area contributed by atoms with Crippen molar-refractivity contribution >= 4 is 5.91 Å². The fourth-order valence-corrected chi connectivity index (χ4v) is 1.44. The molecular formula is C15H21NO3. The Hall–Kier alpha value is -1.97. The number of nitrogens with zero attached hydrogens (tertiary/aromatic N) is 1. The number of hydrogen-bond acceptors (Lipinski definition) is 3. The van der Waals surface area contributed by atoms with Crippen molar-refractivity contribution in [3.63, 3.8) is 0 Å². The highest BCUT2D eigenvalue weighted by molar-refractivity contribution is 5.87. The van der Waals surface area contributed by atoms with Gasteiger partial charge in [0.2, 0.25) is 5.91 Å². The van der Waals surface area contributed by atoms with Crippen LogP contribution in [0.5, 0.6) is 11.5 Å². The first-order valence-corrected chi connectivity index (χ1v) is 6.20. The minimum absolute atomic E-state index is 0.00155. The summed E-state index contributed by atoms with van der Waals surface area (Å²) >= 11 is 0. The fourth-order valence-electron chi connectivity index (χ4n) is 1.44. The van der Waals surface area contributed by atoms with Crippen LogP contribution in [0.4, 0.5) is 0 Å². The van der Waals surface area contributed by atoms with E-state index in [1.165, 1.54) is 0 Å². The highest BCUT2D eigenvalue weighted by Crippen LogP contribution is 2.16. The van der Waals surface area contributed by atoms with Crippen molar-refractivity contribution < 1.29 is 14.3 Å². The monoisotopic (exact) mass is 263 g/mol. The molecule has 19 heavy (non-hydrogen) atoms. The predicted octanol–water partition coefficient (Wildman–Crippen LogP) is 2.50. The smallest absolute Gasteiger partial charge is 0.246 e. The number of carbonyl (C=O) groups excluding carboxylic acids is 1. The van der Waals surface area contributed by atoms with E-state index in [4.69, 9.17) is 9.47 Å². The van der Waals surface area contributed by atoms with Crippen LogP contribution in [0, 0.1) is 0 Å². The molecule has 0 saturated heterocycles. The molecule has 0 bridgehead atoms. The van der Waals surface area contributed by atoms with Gasteiger partial charge in [0, 0.05) is 13.1 Å². The van der Waals surface area contributed by atoms with Crippen LogP contribution in [0.25, 0.3) is 0 Å². The fraction of sp³-hybridized carbons (Fsp3) is 0.400. The molecule has 1 rings (SSSR count). The maximum atomic E-state index is 11.7. The largest absolute Gasteiger partial charge is 0.497 e. The SMILES string of the molecule is COc1ccc(OCCN(C)C(=O)C=C(C)C)cc1. The minimum atomic E-state index is -0.00155. The number of amides is 1. The van der Waals surface area contributed by atoms with Crippen LogP contribution in [0.3, 0.4) is 0 Å². The summed E-state index contributed by atoms with van der Waals surface area (Å²) in [5.74, 6) is 1.56. The first-order chi connectivity index (χ1) is 9.02. The summed E-state index contributed by atoms with van der Waals surface area (Å²) < 4.78 is 10.6. The number of ether oxygens (including phenoxy) is 2. The summed E-state index contributed by atoms with van der Waals surface area (Å²) in [6, 6.07) is 7.37. The van der Waals surface area contributed by atoms with Gasteiger partial charge < -0.3 is 14.4 Å². The Kier molecular flexibility index (Phi) is 5.93. The molecule has 0 N–H and O–H groups in total. The van der Waals surface area contributed by atoms with Crippen LogP contribution in [-0.2, 0) is 4.79 Å². The molecule has 4 nitrogen and oxygen atoms in total. The zero-order chi connectivity index (χ0) is 14.3. The van der Waals surface area contributed by atoms with E-state index in [2.05, 4.69) is 0 Å². The van der Waals surface area contributed by atoms with Gasteiger partial charge in [0.15, 0.2) is 0 Å². The Labute approximate surface area is 114 Å². The molecule has 0 heterocycles. The molecule has 0 aliphatic rings. The number of methoxy groups -OCH3 is 1. The van der Waals surface area contributed by atoms with Crippen LogP contribution in [0.15, 0.2) is 35.9 Å². The molecule has 1 aromatic rings. The lowest BCUT2D eigenvalue weighted by Crippen LogP contribution is -2.29. The standard InChI is InChI=1S/C15H21NO3/c1-12(2)11-15(17)16(3)9-10-19-14-7-5-13(18-4)6-8-14/h5-8,11H,9-10H2,1-4H3. The van der Waals surface area contributed by atoms with Crippen LogP contribution in [0.1, 0.15) is 13.8 Å². The Morgan fingerprint density at radius 1 is 1.21 bits per heavy atom. The zero-order valence-corrected chi connectivity index (χ0v) is 12.0. The number of rotatable bonds is 6. The Morgan fingerprint density at radius 3 is 2.32 bits per heavy atom. The van der Waals surface area contributed by atoms with E-state index in [1.54, 1.807) is 25.1 Å². The first kappa shape index (κ1) is 15.1.